The number of hydrogen-bond acceptors (Lipinski definition) is 6. The monoisotopic (exact) mass is 439 g/mol. The third-order valence-corrected chi connectivity index (χ3v) is 4.26. The van der Waals surface area contributed by atoms with Gasteiger partial charge < -0.3 is 14.8 Å². The molecule has 3 heterocycles. The van der Waals surface area contributed by atoms with Gasteiger partial charge in [0.15, 0.2) is 5.75 Å². The van der Waals surface area contributed by atoms with Crippen molar-refractivity contribution in [1.82, 2.24) is 19.7 Å². The SMILES string of the molecule is C=C(Nc1cnn(CC(F)(F)F)c1)c1ccc(-c2cnc(OC)c(OC)c2)nc1Cl. The molecule has 0 saturated carbocycles. The minimum atomic E-state index is -4.36. The van der Waals surface area contributed by atoms with Crippen LogP contribution in [-0.2, 0) is 6.54 Å². The summed E-state index contributed by atoms with van der Waals surface area (Å²) in [6.45, 7) is 2.69. The molecule has 30 heavy (non-hydrogen) atoms. The van der Waals surface area contributed by atoms with E-state index in [0.717, 1.165) is 4.68 Å². The lowest BCUT2D eigenvalue weighted by molar-refractivity contribution is -0.142. The first kappa shape index (κ1) is 21.4. The van der Waals surface area contributed by atoms with Crippen LogP contribution >= 0.6 is 11.6 Å². The second-order valence-corrected chi connectivity index (χ2v) is 6.47. The molecule has 3 aromatic heterocycles. The normalized spacial score (nSPS) is 11.3. The first-order valence-corrected chi connectivity index (χ1v) is 8.88. The van der Waals surface area contributed by atoms with Crippen LogP contribution in [0.5, 0.6) is 11.6 Å². The van der Waals surface area contributed by atoms with Crippen LogP contribution in [0.15, 0.2) is 43.4 Å². The number of nitrogens with one attached hydrogen (secondary N) is 1. The highest BCUT2D eigenvalue weighted by atomic mass is 35.5. The number of nitrogens with zero attached hydrogens (tertiary/aromatic N) is 4. The fraction of sp³-hybridized carbons (Fsp3) is 0.211. The Morgan fingerprint density at radius 1 is 1.23 bits per heavy atom. The van der Waals surface area contributed by atoms with Gasteiger partial charge in [-0.1, -0.05) is 18.2 Å². The standard InChI is InChI=1S/C19H17ClF3N5O2/c1-11(26-13-8-25-28(9-13)10-19(21,22)23)14-4-5-15(27-17(14)20)12-6-16(29-2)18(30-3)24-7-12/h4-9,26H,1,10H2,2-3H3. The summed E-state index contributed by atoms with van der Waals surface area (Å²) in [4.78, 5) is 8.51. The highest BCUT2D eigenvalue weighted by Gasteiger charge is 2.28. The van der Waals surface area contributed by atoms with Crippen LogP contribution < -0.4 is 14.8 Å². The van der Waals surface area contributed by atoms with E-state index in [4.69, 9.17) is 21.1 Å². The molecule has 0 aromatic carbocycles. The Kier molecular flexibility index (Phi) is 6.16. The van der Waals surface area contributed by atoms with Gasteiger partial charge in [0.05, 0.1) is 31.8 Å². The molecule has 0 aliphatic carbocycles. The number of hydrogen-bond donors (Lipinski definition) is 1. The number of alkyl halides is 3. The van der Waals surface area contributed by atoms with Crippen LogP contribution in [0.25, 0.3) is 17.0 Å². The zero-order chi connectivity index (χ0) is 21.9. The molecule has 0 fully saturated rings. The lowest BCUT2D eigenvalue weighted by Crippen LogP contribution is -2.17. The molecule has 0 bridgehead atoms. The van der Waals surface area contributed by atoms with Gasteiger partial charge in [0.1, 0.15) is 11.7 Å². The molecule has 3 aromatic rings. The Labute approximate surface area is 175 Å². The average Bonchev–Trinajstić information content (AvgIpc) is 3.11. The number of halogens is 4. The van der Waals surface area contributed by atoms with E-state index in [2.05, 4.69) is 27.0 Å². The molecule has 0 spiro atoms. The first-order chi connectivity index (χ1) is 14.2. The Bertz CT molecular complexity index is 1070. The van der Waals surface area contributed by atoms with Crippen LogP contribution in [0, 0.1) is 0 Å². The van der Waals surface area contributed by atoms with Gasteiger partial charge in [0.25, 0.3) is 5.88 Å². The van der Waals surface area contributed by atoms with Crippen molar-refractivity contribution < 1.29 is 22.6 Å². The molecular formula is C19H17ClF3N5O2. The highest BCUT2D eigenvalue weighted by molar-refractivity contribution is 6.31. The van der Waals surface area contributed by atoms with Crippen LogP contribution in [0.2, 0.25) is 5.15 Å². The van der Waals surface area contributed by atoms with Gasteiger partial charge in [-0.25, -0.2) is 9.97 Å². The van der Waals surface area contributed by atoms with Crippen LogP contribution in [-0.4, -0.2) is 40.1 Å². The van der Waals surface area contributed by atoms with Crippen LogP contribution in [0.1, 0.15) is 5.56 Å². The minimum Gasteiger partial charge on any atom is -0.491 e. The molecule has 3 rings (SSSR count). The summed E-state index contributed by atoms with van der Waals surface area (Å²) in [5.74, 6) is 0.784. The third-order valence-electron chi connectivity index (χ3n) is 3.97. The Hall–Kier alpha value is -3.27. The molecule has 0 aliphatic rings. The van der Waals surface area contributed by atoms with E-state index in [1.807, 2.05) is 0 Å². The molecule has 0 saturated heterocycles. The maximum Gasteiger partial charge on any atom is 0.408 e. The van der Waals surface area contributed by atoms with Gasteiger partial charge in [-0.2, -0.15) is 18.3 Å². The molecule has 0 radical (unpaired) electrons. The molecule has 0 aliphatic heterocycles. The van der Waals surface area contributed by atoms with Crippen molar-refractivity contribution in [1.29, 1.82) is 0 Å². The van der Waals surface area contributed by atoms with Crippen LogP contribution in [0.4, 0.5) is 18.9 Å². The van der Waals surface area contributed by atoms with Gasteiger partial charge in [-0.15, -0.1) is 0 Å². The van der Waals surface area contributed by atoms with Crippen molar-refractivity contribution >= 4 is 23.0 Å². The predicted molar refractivity (Wildman–Crippen MR) is 107 cm³/mol. The van der Waals surface area contributed by atoms with Crippen molar-refractivity contribution in [3.63, 3.8) is 0 Å². The molecule has 158 valence electrons. The van der Waals surface area contributed by atoms with Gasteiger partial charge in [-0.05, 0) is 18.2 Å². The maximum absolute atomic E-state index is 12.5. The summed E-state index contributed by atoms with van der Waals surface area (Å²) in [7, 11) is 2.99. The van der Waals surface area contributed by atoms with Crippen molar-refractivity contribution in [2.24, 2.45) is 0 Å². The topological polar surface area (TPSA) is 74.1 Å². The molecular weight excluding hydrogens is 423 g/mol. The summed E-state index contributed by atoms with van der Waals surface area (Å²) in [6.07, 6.45) is -0.296. The van der Waals surface area contributed by atoms with Gasteiger partial charge >= 0.3 is 6.18 Å². The summed E-state index contributed by atoms with van der Waals surface area (Å²) in [5, 5.41) is 6.70. The maximum atomic E-state index is 12.5. The van der Waals surface area contributed by atoms with E-state index in [-0.39, 0.29) is 5.15 Å². The first-order valence-electron chi connectivity index (χ1n) is 8.50. The van der Waals surface area contributed by atoms with Crippen molar-refractivity contribution in [3.8, 4) is 22.9 Å². The molecule has 7 nitrogen and oxygen atoms in total. The number of methoxy groups -OCH3 is 2. The summed E-state index contributed by atoms with van der Waals surface area (Å²) in [5.41, 5.74) is 2.39. The summed E-state index contributed by atoms with van der Waals surface area (Å²) < 4.78 is 48.5. The largest absolute Gasteiger partial charge is 0.491 e. The molecule has 11 heteroatoms. The van der Waals surface area contributed by atoms with Gasteiger partial charge in [0.2, 0.25) is 0 Å². The van der Waals surface area contributed by atoms with Gasteiger partial charge in [0, 0.05) is 29.2 Å². The van der Waals surface area contributed by atoms with E-state index in [9.17, 15) is 13.2 Å². The summed E-state index contributed by atoms with van der Waals surface area (Å²) in [6, 6.07) is 5.12. The number of pyridine rings is 2. The molecule has 0 unspecified atom stereocenters. The third kappa shape index (κ3) is 5.01. The highest BCUT2D eigenvalue weighted by Crippen LogP contribution is 2.31. The quantitative estimate of drug-likeness (QED) is 0.540. The Morgan fingerprint density at radius 2 is 2.00 bits per heavy atom. The summed E-state index contributed by atoms with van der Waals surface area (Å²) >= 11 is 6.31. The Balaban J connectivity index is 1.77. The number of ether oxygens (including phenoxy) is 2. The zero-order valence-electron chi connectivity index (χ0n) is 16.0. The molecule has 1 N–H and O–H groups in total. The predicted octanol–water partition coefficient (Wildman–Crippen LogP) is 4.66. The minimum absolute atomic E-state index is 0.155. The fourth-order valence-corrected chi connectivity index (χ4v) is 2.90. The fourth-order valence-electron chi connectivity index (χ4n) is 2.63. The smallest absolute Gasteiger partial charge is 0.408 e. The van der Waals surface area contributed by atoms with E-state index < -0.39 is 12.7 Å². The molecule has 0 amide bonds. The van der Waals surface area contributed by atoms with E-state index in [0.29, 0.717) is 39.8 Å². The average molecular weight is 440 g/mol. The van der Waals surface area contributed by atoms with E-state index in [1.165, 1.54) is 26.6 Å². The number of aromatic nitrogens is 4. The van der Waals surface area contributed by atoms with Crippen LogP contribution in [0.3, 0.4) is 0 Å². The van der Waals surface area contributed by atoms with Gasteiger partial charge in [-0.3, -0.25) is 4.68 Å². The lowest BCUT2D eigenvalue weighted by Gasteiger charge is -2.12. The van der Waals surface area contributed by atoms with E-state index in [1.54, 1.807) is 24.4 Å². The van der Waals surface area contributed by atoms with Crippen molar-refractivity contribution in [2.45, 2.75) is 12.7 Å². The van der Waals surface area contributed by atoms with Crippen molar-refractivity contribution in [3.05, 3.63) is 54.1 Å². The van der Waals surface area contributed by atoms with E-state index >= 15 is 0 Å². The number of rotatable bonds is 7. The molecule has 0 atom stereocenters. The second kappa shape index (κ2) is 8.62. The number of anilines is 1. The van der Waals surface area contributed by atoms with Crippen molar-refractivity contribution in [2.75, 3.05) is 19.5 Å². The second-order valence-electron chi connectivity index (χ2n) is 6.12. The zero-order valence-corrected chi connectivity index (χ0v) is 16.8. The Morgan fingerprint density at radius 3 is 2.63 bits per heavy atom. The lowest BCUT2D eigenvalue weighted by atomic mass is 10.1.